The van der Waals surface area contributed by atoms with Gasteiger partial charge < -0.3 is 5.32 Å². The van der Waals surface area contributed by atoms with E-state index >= 15 is 0 Å². The van der Waals surface area contributed by atoms with Gasteiger partial charge >= 0.3 is 0 Å². The first-order chi connectivity index (χ1) is 9.60. The van der Waals surface area contributed by atoms with Crippen molar-refractivity contribution < 1.29 is 0 Å². The number of rotatable bonds is 5. The molecule has 1 N–H and O–H groups in total. The zero-order valence-electron chi connectivity index (χ0n) is 13.0. The Morgan fingerprint density at radius 1 is 1.20 bits per heavy atom. The highest BCUT2D eigenvalue weighted by Crippen LogP contribution is 2.35. The van der Waals surface area contributed by atoms with Gasteiger partial charge in [0.25, 0.3) is 0 Å². The van der Waals surface area contributed by atoms with Crippen LogP contribution < -0.4 is 5.32 Å². The predicted molar refractivity (Wildman–Crippen MR) is 91.0 cm³/mol. The van der Waals surface area contributed by atoms with Gasteiger partial charge in [-0.15, -0.1) is 0 Å². The fourth-order valence-corrected chi connectivity index (χ4v) is 3.85. The average molecular weight is 338 g/mol. The van der Waals surface area contributed by atoms with Crippen molar-refractivity contribution in [1.82, 2.24) is 5.32 Å². The Morgan fingerprint density at radius 3 is 2.50 bits per heavy atom. The van der Waals surface area contributed by atoms with E-state index in [0.29, 0.717) is 6.04 Å². The molecule has 3 atom stereocenters. The van der Waals surface area contributed by atoms with E-state index in [4.69, 9.17) is 0 Å². The van der Waals surface area contributed by atoms with Gasteiger partial charge in [-0.1, -0.05) is 48.8 Å². The summed E-state index contributed by atoms with van der Waals surface area (Å²) in [5.41, 5.74) is 1.48. The van der Waals surface area contributed by atoms with Crippen LogP contribution in [0.15, 0.2) is 28.7 Å². The molecule has 0 saturated heterocycles. The molecule has 20 heavy (non-hydrogen) atoms. The Bertz CT molecular complexity index is 398. The monoisotopic (exact) mass is 337 g/mol. The van der Waals surface area contributed by atoms with E-state index in [-0.39, 0.29) is 0 Å². The summed E-state index contributed by atoms with van der Waals surface area (Å²) in [6.45, 7) is 8.09. The summed E-state index contributed by atoms with van der Waals surface area (Å²) in [6, 6.07) is 9.58. The van der Waals surface area contributed by atoms with Gasteiger partial charge in [0.1, 0.15) is 0 Å². The van der Waals surface area contributed by atoms with Crippen LogP contribution >= 0.6 is 15.9 Å². The number of hydrogen-bond acceptors (Lipinski definition) is 1. The largest absolute Gasteiger partial charge is 0.314 e. The van der Waals surface area contributed by atoms with Crippen LogP contribution in [0.4, 0.5) is 0 Å². The molecule has 1 aliphatic rings. The number of halogens is 1. The second-order valence-corrected chi connectivity index (χ2v) is 7.49. The smallest absolute Gasteiger partial charge is 0.0175 e. The fraction of sp³-hybridized carbons (Fsp3) is 0.667. The van der Waals surface area contributed by atoms with Crippen LogP contribution in [-0.2, 0) is 6.42 Å². The van der Waals surface area contributed by atoms with Crippen molar-refractivity contribution in [3.63, 3.8) is 0 Å². The van der Waals surface area contributed by atoms with Crippen molar-refractivity contribution in [2.45, 2.75) is 52.5 Å². The first-order valence-corrected chi connectivity index (χ1v) is 8.87. The van der Waals surface area contributed by atoms with Gasteiger partial charge in [0.2, 0.25) is 0 Å². The number of nitrogens with one attached hydrogen (secondary N) is 1. The lowest BCUT2D eigenvalue weighted by atomic mass is 9.71. The predicted octanol–water partition coefficient (Wildman–Crippen LogP) is 5.04. The summed E-state index contributed by atoms with van der Waals surface area (Å²) >= 11 is 3.52. The third-order valence-electron chi connectivity index (χ3n) is 4.84. The Hall–Kier alpha value is -0.340. The van der Waals surface area contributed by atoms with Gasteiger partial charge in [-0.2, -0.15) is 0 Å². The molecule has 0 bridgehead atoms. The standard InChI is InChI=1S/C18H28BrN/c1-4-20-18-10-7-15(13(2)3)12-16(18)11-14-5-8-17(19)9-6-14/h5-6,8-9,13,15-16,18,20H,4,7,10-12H2,1-3H3. The van der Waals surface area contributed by atoms with Crippen LogP contribution in [0.1, 0.15) is 45.6 Å². The highest BCUT2D eigenvalue weighted by Gasteiger charge is 2.31. The van der Waals surface area contributed by atoms with Gasteiger partial charge in [-0.3, -0.25) is 0 Å². The van der Waals surface area contributed by atoms with Crippen LogP contribution in [0, 0.1) is 17.8 Å². The fourth-order valence-electron chi connectivity index (χ4n) is 3.59. The molecule has 0 spiro atoms. The molecule has 0 heterocycles. The molecule has 0 amide bonds. The maximum atomic E-state index is 3.72. The van der Waals surface area contributed by atoms with Crippen molar-refractivity contribution in [2.75, 3.05) is 6.54 Å². The van der Waals surface area contributed by atoms with E-state index in [9.17, 15) is 0 Å². The Kier molecular flexibility index (Phi) is 6.10. The lowest BCUT2D eigenvalue weighted by molar-refractivity contribution is 0.169. The molecule has 0 aliphatic heterocycles. The third-order valence-corrected chi connectivity index (χ3v) is 5.37. The molecule has 1 aliphatic carbocycles. The first kappa shape index (κ1) is 16.0. The lowest BCUT2D eigenvalue weighted by Gasteiger charge is -2.38. The van der Waals surface area contributed by atoms with Crippen LogP contribution in [0.25, 0.3) is 0 Å². The molecule has 0 aromatic heterocycles. The normalized spacial score (nSPS) is 26.9. The van der Waals surface area contributed by atoms with Crippen LogP contribution in [0.5, 0.6) is 0 Å². The van der Waals surface area contributed by atoms with Gasteiger partial charge in [0.05, 0.1) is 0 Å². The minimum absolute atomic E-state index is 0.707. The summed E-state index contributed by atoms with van der Waals surface area (Å²) < 4.78 is 1.17. The highest BCUT2D eigenvalue weighted by molar-refractivity contribution is 9.10. The molecule has 3 unspecified atom stereocenters. The molecule has 1 saturated carbocycles. The summed E-state index contributed by atoms with van der Waals surface area (Å²) in [5, 5.41) is 3.72. The summed E-state index contributed by atoms with van der Waals surface area (Å²) in [4.78, 5) is 0. The van der Waals surface area contributed by atoms with Crippen molar-refractivity contribution in [1.29, 1.82) is 0 Å². The van der Waals surface area contributed by atoms with Crippen LogP contribution in [-0.4, -0.2) is 12.6 Å². The quantitative estimate of drug-likeness (QED) is 0.793. The lowest BCUT2D eigenvalue weighted by Crippen LogP contribution is -2.42. The minimum atomic E-state index is 0.707. The van der Waals surface area contributed by atoms with E-state index < -0.39 is 0 Å². The molecule has 2 rings (SSSR count). The van der Waals surface area contributed by atoms with Crippen molar-refractivity contribution in [2.24, 2.45) is 17.8 Å². The van der Waals surface area contributed by atoms with E-state index in [2.05, 4.69) is 66.3 Å². The van der Waals surface area contributed by atoms with Gasteiger partial charge in [0.15, 0.2) is 0 Å². The maximum absolute atomic E-state index is 3.72. The van der Waals surface area contributed by atoms with Gasteiger partial charge in [-0.05, 0) is 67.7 Å². The Balaban J connectivity index is 2.04. The van der Waals surface area contributed by atoms with Crippen molar-refractivity contribution in [3.05, 3.63) is 34.3 Å². The van der Waals surface area contributed by atoms with Gasteiger partial charge in [-0.25, -0.2) is 0 Å². The van der Waals surface area contributed by atoms with E-state index in [0.717, 1.165) is 24.3 Å². The number of hydrogen-bond donors (Lipinski definition) is 1. The minimum Gasteiger partial charge on any atom is -0.314 e. The Labute approximate surface area is 132 Å². The average Bonchev–Trinajstić information content (AvgIpc) is 2.43. The molecule has 1 nitrogen and oxygen atoms in total. The molecule has 1 fully saturated rings. The topological polar surface area (TPSA) is 12.0 Å². The highest BCUT2D eigenvalue weighted by atomic mass is 79.9. The van der Waals surface area contributed by atoms with Gasteiger partial charge in [0, 0.05) is 10.5 Å². The second-order valence-electron chi connectivity index (χ2n) is 6.57. The molecule has 1 aromatic carbocycles. The van der Waals surface area contributed by atoms with Crippen LogP contribution in [0.3, 0.4) is 0 Å². The zero-order valence-corrected chi connectivity index (χ0v) is 14.6. The number of benzene rings is 1. The summed E-state index contributed by atoms with van der Waals surface area (Å²) in [6.07, 6.45) is 5.34. The third kappa shape index (κ3) is 4.33. The van der Waals surface area contributed by atoms with Crippen molar-refractivity contribution >= 4 is 15.9 Å². The second kappa shape index (κ2) is 7.61. The maximum Gasteiger partial charge on any atom is 0.0175 e. The molecule has 2 heteroatoms. The molecule has 0 radical (unpaired) electrons. The van der Waals surface area contributed by atoms with E-state index in [1.165, 1.54) is 35.7 Å². The zero-order chi connectivity index (χ0) is 14.5. The Morgan fingerprint density at radius 2 is 1.90 bits per heavy atom. The molecular formula is C18H28BrN. The van der Waals surface area contributed by atoms with Crippen LogP contribution in [0.2, 0.25) is 0 Å². The SMILES string of the molecule is CCNC1CCC(C(C)C)CC1Cc1ccc(Br)cc1. The molecule has 112 valence electrons. The summed E-state index contributed by atoms with van der Waals surface area (Å²) in [7, 11) is 0. The van der Waals surface area contributed by atoms with E-state index in [1.807, 2.05) is 0 Å². The van der Waals surface area contributed by atoms with E-state index in [1.54, 1.807) is 0 Å². The first-order valence-electron chi connectivity index (χ1n) is 8.08. The van der Waals surface area contributed by atoms with Crippen molar-refractivity contribution in [3.8, 4) is 0 Å². The molecular weight excluding hydrogens is 310 g/mol. The summed E-state index contributed by atoms with van der Waals surface area (Å²) in [5.74, 6) is 2.52. The molecule has 1 aromatic rings.